The maximum atomic E-state index is 12.2. The number of β-amino-alcohol motifs (C(OH)–C–C–N with tert-alkyl or cyclic N) is 1. The zero-order valence-corrected chi connectivity index (χ0v) is 10.2. The molecule has 0 spiro atoms. The molecular formula is C13H17NO4. The van der Waals surface area contributed by atoms with Crippen molar-refractivity contribution in [3.63, 3.8) is 0 Å². The van der Waals surface area contributed by atoms with Gasteiger partial charge in [0.05, 0.1) is 11.7 Å². The molecule has 1 amide bonds. The van der Waals surface area contributed by atoms with Crippen LogP contribution in [0.1, 0.15) is 23.7 Å². The molecule has 5 heteroatoms. The van der Waals surface area contributed by atoms with Crippen LogP contribution in [0, 0.1) is 5.92 Å². The van der Waals surface area contributed by atoms with E-state index in [1.165, 1.54) is 17.0 Å². The Labute approximate surface area is 105 Å². The van der Waals surface area contributed by atoms with E-state index in [1.54, 1.807) is 0 Å². The molecule has 3 N–H and O–H groups in total. The molecule has 1 aromatic rings. The zero-order valence-electron chi connectivity index (χ0n) is 10.2. The second-order valence-corrected chi connectivity index (χ2v) is 4.79. The predicted molar refractivity (Wildman–Crippen MR) is 65.5 cm³/mol. The zero-order chi connectivity index (χ0) is 13.3. The molecule has 0 radical (unpaired) electrons. The number of aliphatic hydroxyl groups excluding tert-OH is 1. The van der Waals surface area contributed by atoms with Crippen molar-refractivity contribution in [2.24, 2.45) is 5.92 Å². The maximum absolute atomic E-state index is 12.2. The van der Waals surface area contributed by atoms with Crippen LogP contribution in [0.4, 0.5) is 0 Å². The lowest BCUT2D eigenvalue weighted by molar-refractivity contribution is 0.0247. The highest BCUT2D eigenvalue weighted by molar-refractivity contribution is 5.97. The number of carbonyl (C=O) groups is 1. The summed E-state index contributed by atoms with van der Waals surface area (Å²) in [6, 6.07) is 3.88. The molecular weight excluding hydrogens is 234 g/mol. The SMILES string of the molecule is CC1CCN(C(=O)c2ccc(O)cc2O)CC1O. The van der Waals surface area contributed by atoms with Gasteiger partial charge < -0.3 is 20.2 Å². The molecule has 2 unspecified atom stereocenters. The number of likely N-dealkylation sites (tertiary alicyclic amines) is 1. The molecule has 0 aromatic heterocycles. The molecule has 1 heterocycles. The van der Waals surface area contributed by atoms with Crippen LogP contribution in [0.25, 0.3) is 0 Å². The topological polar surface area (TPSA) is 81.0 Å². The second kappa shape index (κ2) is 4.86. The third-order valence-electron chi connectivity index (χ3n) is 3.42. The van der Waals surface area contributed by atoms with Crippen molar-refractivity contribution in [2.45, 2.75) is 19.4 Å². The Morgan fingerprint density at radius 1 is 1.39 bits per heavy atom. The first kappa shape index (κ1) is 12.7. The Hall–Kier alpha value is -1.75. The van der Waals surface area contributed by atoms with E-state index in [2.05, 4.69) is 0 Å². The lowest BCUT2D eigenvalue weighted by atomic mass is 9.95. The normalized spacial score (nSPS) is 24.0. The van der Waals surface area contributed by atoms with Crippen LogP contribution < -0.4 is 0 Å². The van der Waals surface area contributed by atoms with E-state index in [0.717, 1.165) is 12.5 Å². The van der Waals surface area contributed by atoms with Gasteiger partial charge in [0, 0.05) is 19.2 Å². The third-order valence-corrected chi connectivity index (χ3v) is 3.42. The first-order valence-corrected chi connectivity index (χ1v) is 5.98. The molecule has 0 bridgehead atoms. The van der Waals surface area contributed by atoms with Crippen LogP contribution in [0.5, 0.6) is 11.5 Å². The first-order chi connectivity index (χ1) is 8.49. The van der Waals surface area contributed by atoms with Gasteiger partial charge in [-0.15, -0.1) is 0 Å². The molecule has 1 aliphatic rings. The van der Waals surface area contributed by atoms with E-state index >= 15 is 0 Å². The summed E-state index contributed by atoms with van der Waals surface area (Å²) in [5.41, 5.74) is 0.148. The molecule has 1 aromatic carbocycles. The molecule has 2 atom stereocenters. The van der Waals surface area contributed by atoms with E-state index in [1.807, 2.05) is 6.92 Å². The average Bonchev–Trinajstić information content (AvgIpc) is 2.32. The minimum absolute atomic E-state index is 0.0867. The van der Waals surface area contributed by atoms with Gasteiger partial charge in [0.25, 0.3) is 5.91 Å². The Morgan fingerprint density at radius 2 is 2.11 bits per heavy atom. The largest absolute Gasteiger partial charge is 0.508 e. The molecule has 1 saturated heterocycles. The van der Waals surface area contributed by atoms with Gasteiger partial charge in [0.1, 0.15) is 11.5 Å². The minimum atomic E-state index is -0.526. The van der Waals surface area contributed by atoms with E-state index in [0.29, 0.717) is 6.54 Å². The Kier molecular flexibility index (Phi) is 3.43. The standard InChI is InChI=1S/C13H17NO4/c1-8-4-5-14(7-12(8)17)13(18)10-3-2-9(15)6-11(10)16/h2-3,6,8,12,15-17H,4-5,7H2,1H3. The smallest absolute Gasteiger partial charge is 0.257 e. The van der Waals surface area contributed by atoms with Gasteiger partial charge in [-0.2, -0.15) is 0 Å². The fourth-order valence-corrected chi connectivity index (χ4v) is 2.10. The first-order valence-electron chi connectivity index (χ1n) is 5.98. The van der Waals surface area contributed by atoms with Crippen LogP contribution in [-0.2, 0) is 0 Å². The summed E-state index contributed by atoms with van der Waals surface area (Å²) in [7, 11) is 0. The molecule has 5 nitrogen and oxygen atoms in total. The van der Waals surface area contributed by atoms with Crippen LogP contribution in [0.2, 0.25) is 0 Å². The Bertz CT molecular complexity index is 460. The number of aromatic hydroxyl groups is 2. The number of aliphatic hydroxyl groups is 1. The van der Waals surface area contributed by atoms with E-state index in [9.17, 15) is 20.1 Å². The molecule has 1 fully saturated rings. The van der Waals surface area contributed by atoms with Crippen LogP contribution in [0.15, 0.2) is 18.2 Å². The van der Waals surface area contributed by atoms with Crippen molar-refractivity contribution in [2.75, 3.05) is 13.1 Å². The van der Waals surface area contributed by atoms with Gasteiger partial charge in [0.2, 0.25) is 0 Å². The summed E-state index contributed by atoms with van der Waals surface area (Å²) in [5.74, 6) is -0.467. The van der Waals surface area contributed by atoms with Gasteiger partial charge in [-0.1, -0.05) is 6.92 Å². The predicted octanol–water partition coefficient (Wildman–Crippen LogP) is 0.941. The quantitative estimate of drug-likeness (QED) is 0.694. The molecule has 18 heavy (non-hydrogen) atoms. The number of phenols is 2. The molecule has 2 rings (SSSR count). The number of hydrogen-bond donors (Lipinski definition) is 3. The lowest BCUT2D eigenvalue weighted by Gasteiger charge is -2.34. The van der Waals surface area contributed by atoms with Crippen LogP contribution in [-0.4, -0.2) is 45.3 Å². The minimum Gasteiger partial charge on any atom is -0.508 e. The number of hydrogen-bond acceptors (Lipinski definition) is 4. The van der Waals surface area contributed by atoms with Crippen molar-refractivity contribution >= 4 is 5.91 Å². The number of carbonyl (C=O) groups excluding carboxylic acids is 1. The van der Waals surface area contributed by atoms with Crippen LogP contribution in [0.3, 0.4) is 0 Å². The van der Waals surface area contributed by atoms with Gasteiger partial charge in [-0.25, -0.2) is 0 Å². The summed E-state index contributed by atoms with van der Waals surface area (Å²) in [6.45, 7) is 2.79. The molecule has 0 saturated carbocycles. The number of rotatable bonds is 1. The maximum Gasteiger partial charge on any atom is 0.257 e. The van der Waals surface area contributed by atoms with Gasteiger partial charge >= 0.3 is 0 Å². The van der Waals surface area contributed by atoms with Crippen LogP contribution >= 0.6 is 0 Å². The van der Waals surface area contributed by atoms with Crippen molar-refractivity contribution in [3.8, 4) is 11.5 Å². The summed E-state index contributed by atoms with van der Waals surface area (Å²) < 4.78 is 0. The summed E-state index contributed by atoms with van der Waals surface area (Å²) in [6.07, 6.45) is 0.216. The number of nitrogens with zero attached hydrogens (tertiary/aromatic N) is 1. The highest BCUT2D eigenvalue weighted by atomic mass is 16.3. The Morgan fingerprint density at radius 3 is 2.72 bits per heavy atom. The lowest BCUT2D eigenvalue weighted by Crippen LogP contribution is -2.45. The van der Waals surface area contributed by atoms with Gasteiger partial charge in [0.15, 0.2) is 0 Å². The highest BCUT2D eigenvalue weighted by Gasteiger charge is 2.28. The monoisotopic (exact) mass is 251 g/mol. The summed E-state index contributed by atoms with van der Waals surface area (Å²) in [5, 5.41) is 28.6. The number of phenolic OH excluding ortho intramolecular Hbond substituents is 2. The van der Waals surface area contributed by atoms with E-state index in [-0.39, 0.29) is 35.4 Å². The molecule has 1 aliphatic heterocycles. The molecule has 98 valence electrons. The highest BCUT2D eigenvalue weighted by Crippen LogP contribution is 2.26. The average molecular weight is 251 g/mol. The fraction of sp³-hybridized carbons (Fsp3) is 0.462. The summed E-state index contributed by atoms with van der Waals surface area (Å²) in [4.78, 5) is 13.7. The van der Waals surface area contributed by atoms with Crippen molar-refractivity contribution < 1.29 is 20.1 Å². The van der Waals surface area contributed by atoms with Crippen molar-refractivity contribution in [1.82, 2.24) is 4.90 Å². The van der Waals surface area contributed by atoms with Gasteiger partial charge in [-0.3, -0.25) is 4.79 Å². The second-order valence-electron chi connectivity index (χ2n) is 4.79. The third kappa shape index (κ3) is 2.41. The molecule has 0 aliphatic carbocycles. The van der Waals surface area contributed by atoms with E-state index in [4.69, 9.17) is 0 Å². The number of piperidine rings is 1. The van der Waals surface area contributed by atoms with Crippen molar-refractivity contribution in [1.29, 1.82) is 0 Å². The fourth-order valence-electron chi connectivity index (χ4n) is 2.10. The summed E-state index contributed by atoms with van der Waals surface area (Å²) >= 11 is 0. The van der Waals surface area contributed by atoms with Gasteiger partial charge in [-0.05, 0) is 24.5 Å². The van der Waals surface area contributed by atoms with Crippen molar-refractivity contribution in [3.05, 3.63) is 23.8 Å². The van der Waals surface area contributed by atoms with E-state index < -0.39 is 6.10 Å². The Balaban J connectivity index is 2.16. The number of amides is 1. The number of benzene rings is 1.